The second-order valence-corrected chi connectivity index (χ2v) is 5.75. The molecule has 0 amide bonds. The van der Waals surface area contributed by atoms with Crippen LogP contribution in [0.3, 0.4) is 0 Å². The summed E-state index contributed by atoms with van der Waals surface area (Å²) in [4.78, 5) is 9.24. The molecule has 0 bridgehead atoms. The van der Waals surface area contributed by atoms with Gasteiger partial charge in [-0.05, 0) is 47.5 Å². The number of aromatic hydroxyl groups is 1. The molecule has 25 heavy (non-hydrogen) atoms. The van der Waals surface area contributed by atoms with Crippen molar-refractivity contribution in [3.05, 3.63) is 91.1 Å². The maximum atomic E-state index is 9.45. The fourth-order valence-corrected chi connectivity index (χ4v) is 2.75. The Bertz CT molecular complexity index is 996. The van der Waals surface area contributed by atoms with Crippen LogP contribution in [0.25, 0.3) is 33.8 Å². The van der Waals surface area contributed by atoms with Crippen LogP contribution in [0.5, 0.6) is 5.75 Å². The van der Waals surface area contributed by atoms with Gasteiger partial charge < -0.3 is 5.11 Å². The average Bonchev–Trinajstić information content (AvgIpc) is 2.69. The van der Waals surface area contributed by atoms with Crippen molar-refractivity contribution in [2.45, 2.75) is 0 Å². The van der Waals surface area contributed by atoms with Crippen LogP contribution in [0.4, 0.5) is 0 Å². The Morgan fingerprint density at radius 1 is 0.560 bits per heavy atom. The first kappa shape index (κ1) is 15.1. The molecule has 4 aromatic rings. The molecule has 0 aliphatic heterocycles. The molecule has 0 spiro atoms. The fourth-order valence-electron chi connectivity index (χ4n) is 2.75. The molecule has 0 atom stereocenters. The van der Waals surface area contributed by atoms with Gasteiger partial charge >= 0.3 is 0 Å². The van der Waals surface area contributed by atoms with Crippen LogP contribution in [0.15, 0.2) is 91.1 Å². The van der Waals surface area contributed by atoms with Gasteiger partial charge in [0, 0.05) is 11.8 Å². The van der Waals surface area contributed by atoms with E-state index in [1.54, 1.807) is 18.3 Å². The summed E-state index contributed by atoms with van der Waals surface area (Å²) in [6.45, 7) is 0. The third kappa shape index (κ3) is 3.26. The lowest BCUT2D eigenvalue weighted by atomic mass is 10.0. The van der Waals surface area contributed by atoms with E-state index >= 15 is 0 Å². The van der Waals surface area contributed by atoms with Gasteiger partial charge in [-0.3, -0.25) is 4.98 Å². The summed E-state index contributed by atoms with van der Waals surface area (Å²) in [7, 11) is 0. The van der Waals surface area contributed by atoms with Crippen molar-refractivity contribution in [1.82, 2.24) is 9.97 Å². The van der Waals surface area contributed by atoms with Gasteiger partial charge in [-0.1, -0.05) is 48.5 Å². The highest BCUT2D eigenvalue weighted by molar-refractivity contribution is 5.70. The summed E-state index contributed by atoms with van der Waals surface area (Å²) in [6.07, 6.45) is 1.79. The monoisotopic (exact) mass is 324 g/mol. The van der Waals surface area contributed by atoms with Gasteiger partial charge in [-0.15, -0.1) is 0 Å². The van der Waals surface area contributed by atoms with Gasteiger partial charge in [-0.25, -0.2) is 4.98 Å². The normalized spacial score (nSPS) is 10.6. The van der Waals surface area contributed by atoms with E-state index in [4.69, 9.17) is 4.98 Å². The van der Waals surface area contributed by atoms with Gasteiger partial charge in [0.1, 0.15) is 5.75 Å². The lowest BCUT2D eigenvalue weighted by molar-refractivity contribution is 0.475. The molecular weight excluding hydrogens is 308 g/mol. The third-order valence-electron chi connectivity index (χ3n) is 4.04. The Morgan fingerprint density at radius 3 is 2.12 bits per heavy atom. The van der Waals surface area contributed by atoms with Crippen LogP contribution in [0.1, 0.15) is 0 Å². The van der Waals surface area contributed by atoms with Crippen LogP contribution in [0.2, 0.25) is 0 Å². The number of phenolic OH excluding ortho intramolecular Hbond substituents is 1. The van der Waals surface area contributed by atoms with Crippen LogP contribution < -0.4 is 0 Å². The predicted molar refractivity (Wildman–Crippen MR) is 100 cm³/mol. The first-order valence-electron chi connectivity index (χ1n) is 8.08. The molecule has 0 saturated carbocycles. The number of phenols is 1. The number of hydrogen-bond acceptors (Lipinski definition) is 3. The quantitative estimate of drug-likeness (QED) is 0.564. The summed E-state index contributed by atoms with van der Waals surface area (Å²) in [5, 5.41) is 9.45. The lowest BCUT2D eigenvalue weighted by Crippen LogP contribution is -1.91. The minimum absolute atomic E-state index is 0.259. The van der Waals surface area contributed by atoms with Crippen LogP contribution in [0, 0.1) is 0 Å². The fraction of sp³-hybridized carbons (Fsp3) is 0. The summed E-state index contributed by atoms with van der Waals surface area (Å²) in [5.41, 5.74) is 5.73. The van der Waals surface area contributed by atoms with E-state index in [0.29, 0.717) is 0 Å². The first-order chi connectivity index (χ1) is 12.3. The SMILES string of the molecule is Oc1ccc(-c2ccnc(-c3cccc(-c4ccccc4)n3)c2)cc1. The molecule has 0 fully saturated rings. The smallest absolute Gasteiger partial charge is 0.115 e. The van der Waals surface area contributed by atoms with Crippen LogP contribution in [-0.2, 0) is 0 Å². The summed E-state index contributed by atoms with van der Waals surface area (Å²) in [5.74, 6) is 0.259. The maximum absolute atomic E-state index is 9.45. The Hall–Kier alpha value is -3.46. The van der Waals surface area contributed by atoms with Crippen molar-refractivity contribution >= 4 is 0 Å². The highest BCUT2D eigenvalue weighted by atomic mass is 16.3. The Kier molecular flexibility index (Phi) is 3.97. The van der Waals surface area contributed by atoms with E-state index in [2.05, 4.69) is 4.98 Å². The van der Waals surface area contributed by atoms with Crippen molar-refractivity contribution in [3.8, 4) is 39.5 Å². The van der Waals surface area contributed by atoms with E-state index in [0.717, 1.165) is 33.8 Å². The molecule has 2 aromatic carbocycles. The summed E-state index contributed by atoms with van der Waals surface area (Å²) < 4.78 is 0. The van der Waals surface area contributed by atoms with Gasteiger partial charge in [0.2, 0.25) is 0 Å². The molecule has 120 valence electrons. The third-order valence-corrected chi connectivity index (χ3v) is 4.04. The lowest BCUT2D eigenvalue weighted by Gasteiger charge is -2.07. The zero-order valence-corrected chi connectivity index (χ0v) is 13.5. The minimum atomic E-state index is 0.259. The molecular formula is C22H16N2O. The number of benzene rings is 2. The molecule has 1 N–H and O–H groups in total. The number of rotatable bonds is 3. The van der Waals surface area contributed by atoms with Gasteiger partial charge in [0.25, 0.3) is 0 Å². The average molecular weight is 324 g/mol. The Balaban J connectivity index is 1.73. The molecule has 0 aliphatic carbocycles. The van der Waals surface area contributed by atoms with Gasteiger partial charge in [0.15, 0.2) is 0 Å². The molecule has 0 unspecified atom stereocenters. The van der Waals surface area contributed by atoms with Crippen molar-refractivity contribution < 1.29 is 5.11 Å². The molecule has 0 aliphatic rings. The number of nitrogens with zero attached hydrogens (tertiary/aromatic N) is 2. The van der Waals surface area contributed by atoms with Crippen molar-refractivity contribution in [3.63, 3.8) is 0 Å². The molecule has 2 heterocycles. The second-order valence-electron chi connectivity index (χ2n) is 5.75. The number of pyridine rings is 2. The second kappa shape index (κ2) is 6.57. The van der Waals surface area contributed by atoms with E-state index in [-0.39, 0.29) is 5.75 Å². The van der Waals surface area contributed by atoms with Crippen LogP contribution >= 0.6 is 0 Å². The predicted octanol–water partition coefficient (Wildman–Crippen LogP) is 5.18. The number of aromatic nitrogens is 2. The number of hydrogen-bond donors (Lipinski definition) is 1. The standard InChI is InChI=1S/C22H16N2O/c25-19-11-9-16(10-12-19)18-13-14-23-22(15-18)21-8-4-7-20(24-21)17-5-2-1-3-6-17/h1-15,25H. The highest BCUT2D eigenvalue weighted by Gasteiger charge is 2.06. The molecule has 0 radical (unpaired) electrons. The van der Waals surface area contributed by atoms with Gasteiger partial charge in [0.05, 0.1) is 17.1 Å². The first-order valence-corrected chi connectivity index (χ1v) is 8.08. The molecule has 0 saturated heterocycles. The molecule has 4 rings (SSSR count). The van der Waals surface area contributed by atoms with E-state index in [1.165, 1.54) is 0 Å². The minimum Gasteiger partial charge on any atom is -0.508 e. The van der Waals surface area contributed by atoms with E-state index in [9.17, 15) is 5.11 Å². The van der Waals surface area contributed by atoms with Crippen LogP contribution in [-0.4, -0.2) is 15.1 Å². The zero-order valence-electron chi connectivity index (χ0n) is 13.5. The largest absolute Gasteiger partial charge is 0.508 e. The molecule has 2 aromatic heterocycles. The summed E-state index contributed by atoms with van der Waals surface area (Å²) in [6, 6.07) is 27.2. The molecule has 3 heteroatoms. The Labute approximate surface area is 146 Å². The molecule has 3 nitrogen and oxygen atoms in total. The van der Waals surface area contributed by atoms with E-state index in [1.807, 2.05) is 72.8 Å². The topological polar surface area (TPSA) is 46.0 Å². The van der Waals surface area contributed by atoms with Gasteiger partial charge in [-0.2, -0.15) is 0 Å². The van der Waals surface area contributed by atoms with Crippen molar-refractivity contribution in [1.29, 1.82) is 0 Å². The zero-order chi connectivity index (χ0) is 17.1. The van der Waals surface area contributed by atoms with E-state index < -0.39 is 0 Å². The van der Waals surface area contributed by atoms with Crippen molar-refractivity contribution in [2.75, 3.05) is 0 Å². The highest BCUT2D eigenvalue weighted by Crippen LogP contribution is 2.26. The van der Waals surface area contributed by atoms with Crippen molar-refractivity contribution in [2.24, 2.45) is 0 Å². The maximum Gasteiger partial charge on any atom is 0.115 e. The summed E-state index contributed by atoms with van der Waals surface area (Å²) >= 11 is 0. The Morgan fingerprint density at radius 2 is 1.32 bits per heavy atom.